The Kier molecular flexibility index (Phi) is 2.89. The SMILES string of the molecule is CCCC(C)(C)c1cc(F)cs1. The fourth-order valence-electron chi connectivity index (χ4n) is 1.42. The Labute approximate surface area is 77.4 Å². The topological polar surface area (TPSA) is 0 Å². The minimum absolute atomic E-state index is 0.0980. The van der Waals surface area contributed by atoms with E-state index in [1.165, 1.54) is 11.3 Å². The predicted molar refractivity (Wildman–Crippen MR) is 52.2 cm³/mol. The fraction of sp³-hybridized carbons (Fsp3) is 0.600. The molecular weight excluding hydrogens is 171 g/mol. The van der Waals surface area contributed by atoms with Crippen molar-refractivity contribution in [1.29, 1.82) is 0 Å². The van der Waals surface area contributed by atoms with Crippen LogP contribution < -0.4 is 0 Å². The first-order valence-corrected chi connectivity index (χ1v) is 5.19. The highest BCUT2D eigenvalue weighted by atomic mass is 32.1. The molecule has 68 valence electrons. The molecule has 2 heteroatoms. The maximum atomic E-state index is 12.7. The summed E-state index contributed by atoms with van der Waals surface area (Å²) in [6.45, 7) is 6.50. The highest BCUT2D eigenvalue weighted by Crippen LogP contribution is 2.32. The fourth-order valence-corrected chi connectivity index (χ4v) is 2.33. The van der Waals surface area contributed by atoms with Crippen molar-refractivity contribution >= 4 is 11.3 Å². The Morgan fingerprint density at radius 2 is 2.17 bits per heavy atom. The van der Waals surface area contributed by atoms with Gasteiger partial charge in [-0.2, -0.15) is 0 Å². The summed E-state index contributed by atoms with van der Waals surface area (Å²) in [4.78, 5) is 1.15. The van der Waals surface area contributed by atoms with Gasteiger partial charge in [0.2, 0.25) is 0 Å². The lowest BCUT2D eigenvalue weighted by Crippen LogP contribution is -2.14. The van der Waals surface area contributed by atoms with Gasteiger partial charge in [0.25, 0.3) is 0 Å². The van der Waals surface area contributed by atoms with Gasteiger partial charge in [-0.3, -0.25) is 0 Å². The monoisotopic (exact) mass is 186 g/mol. The quantitative estimate of drug-likeness (QED) is 0.670. The van der Waals surface area contributed by atoms with Crippen LogP contribution in [0.3, 0.4) is 0 Å². The smallest absolute Gasteiger partial charge is 0.134 e. The Morgan fingerprint density at radius 1 is 1.50 bits per heavy atom. The van der Waals surface area contributed by atoms with E-state index >= 15 is 0 Å². The van der Waals surface area contributed by atoms with Crippen molar-refractivity contribution in [2.24, 2.45) is 0 Å². The van der Waals surface area contributed by atoms with Crippen molar-refractivity contribution in [1.82, 2.24) is 0 Å². The Morgan fingerprint density at radius 3 is 2.58 bits per heavy atom. The zero-order valence-electron chi connectivity index (χ0n) is 7.86. The zero-order valence-corrected chi connectivity index (χ0v) is 8.67. The molecule has 12 heavy (non-hydrogen) atoms. The molecule has 0 radical (unpaired) electrons. The van der Waals surface area contributed by atoms with Crippen molar-refractivity contribution < 1.29 is 4.39 Å². The highest BCUT2D eigenvalue weighted by Gasteiger charge is 2.21. The first-order valence-electron chi connectivity index (χ1n) is 4.31. The molecule has 0 fully saturated rings. The van der Waals surface area contributed by atoms with Crippen molar-refractivity contribution in [2.75, 3.05) is 0 Å². The molecule has 0 atom stereocenters. The summed E-state index contributed by atoms with van der Waals surface area (Å²) in [5.41, 5.74) is 0.143. The minimum Gasteiger partial charge on any atom is -0.206 e. The van der Waals surface area contributed by atoms with Crippen LogP contribution in [0.5, 0.6) is 0 Å². The summed E-state index contributed by atoms with van der Waals surface area (Å²) in [5.74, 6) is -0.0980. The normalized spacial score (nSPS) is 12.0. The third kappa shape index (κ3) is 2.07. The van der Waals surface area contributed by atoms with Gasteiger partial charge in [0, 0.05) is 10.3 Å². The number of hydrogen-bond donors (Lipinski definition) is 0. The van der Waals surface area contributed by atoms with E-state index in [0.717, 1.165) is 17.7 Å². The van der Waals surface area contributed by atoms with E-state index < -0.39 is 0 Å². The second-order valence-electron chi connectivity index (χ2n) is 3.76. The van der Waals surface area contributed by atoms with E-state index in [4.69, 9.17) is 0 Å². The molecule has 0 saturated heterocycles. The van der Waals surface area contributed by atoms with Gasteiger partial charge < -0.3 is 0 Å². The lowest BCUT2D eigenvalue weighted by Gasteiger charge is -2.21. The van der Waals surface area contributed by atoms with Crippen LogP contribution in [-0.2, 0) is 5.41 Å². The molecule has 1 aromatic rings. The maximum Gasteiger partial charge on any atom is 0.134 e. The molecule has 0 spiro atoms. The van der Waals surface area contributed by atoms with E-state index in [-0.39, 0.29) is 11.2 Å². The molecule has 0 nitrogen and oxygen atoms in total. The van der Waals surface area contributed by atoms with Crippen LogP contribution in [0.1, 0.15) is 38.5 Å². The Balaban J connectivity index is 2.81. The van der Waals surface area contributed by atoms with Crippen LogP contribution >= 0.6 is 11.3 Å². The van der Waals surface area contributed by atoms with E-state index in [1.54, 1.807) is 11.4 Å². The molecule has 0 bridgehead atoms. The predicted octanol–water partition coefficient (Wildman–Crippen LogP) is 3.96. The Hall–Kier alpha value is -0.370. The van der Waals surface area contributed by atoms with Gasteiger partial charge in [0.05, 0.1) is 0 Å². The first-order chi connectivity index (χ1) is 5.56. The average Bonchev–Trinajstić information content (AvgIpc) is 2.36. The Bertz CT molecular complexity index is 250. The highest BCUT2D eigenvalue weighted by molar-refractivity contribution is 7.10. The number of rotatable bonds is 3. The molecule has 1 heterocycles. The minimum atomic E-state index is -0.0980. The van der Waals surface area contributed by atoms with E-state index in [9.17, 15) is 4.39 Å². The van der Waals surface area contributed by atoms with Gasteiger partial charge in [-0.1, -0.05) is 27.2 Å². The molecule has 0 unspecified atom stereocenters. The first kappa shape index (κ1) is 9.72. The molecule has 0 aliphatic rings. The maximum absolute atomic E-state index is 12.7. The number of thiophene rings is 1. The molecule has 0 aromatic carbocycles. The molecule has 0 aliphatic heterocycles. The van der Waals surface area contributed by atoms with Crippen LogP contribution in [0.15, 0.2) is 11.4 Å². The molecule has 1 aromatic heterocycles. The second-order valence-corrected chi connectivity index (χ2v) is 4.67. The largest absolute Gasteiger partial charge is 0.206 e. The van der Waals surface area contributed by atoms with E-state index in [0.29, 0.717) is 0 Å². The summed E-state index contributed by atoms with van der Waals surface area (Å²) in [7, 11) is 0. The van der Waals surface area contributed by atoms with Gasteiger partial charge >= 0.3 is 0 Å². The van der Waals surface area contributed by atoms with Crippen LogP contribution in [-0.4, -0.2) is 0 Å². The third-order valence-corrected chi connectivity index (χ3v) is 3.38. The molecule has 0 N–H and O–H groups in total. The van der Waals surface area contributed by atoms with Crippen molar-refractivity contribution in [2.45, 2.75) is 39.0 Å². The van der Waals surface area contributed by atoms with Crippen molar-refractivity contribution in [3.05, 3.63) is 22.1 Å². The van der Waals surface area contributed by atoms with Crippen LogP contribution in [0.25, 0.3) is 0 Å². The lowest BCUT2D eigenvalue weighted by atomic mass is 9.86. The zero-order chi connectivity index (χ0) is 9.19. The van der Waals surface area contributed by atoms with Gasteiger partial charge in [0.15, 0.2) is 0 Å². The number of halogens is 1. The summed E-state index contributed by atoms with van der Waals surface area (Å²) in [6.07, 6.45) is 2.26. The molecule has 0 aliphatic carbocycles. The summed E-state index contributed by atoms with van der Waals surface area (Å²) >= 11 is 1.52. The molecule has 0 amide bonds. The van der Waals surface area contributed by atoms with Gasteiger partial charge in [-0.25, -0.2) is 4.39 Å². The van der Waals surface area contributed by atoms with Crippen LogP contribution in [0, 0.1) is 5.82 Å². The molecule has 0 saturated carbocycles. The van der Waals surface area contributed by atoms with Gasteiger partial charge in [-0.15, -0.1) is 11.3 Å². The van der Waals surface area contributed by atoms with Crippen LogP contribution in [0.2, 0.25) is 0 Å². The number of hydrogen-bond acceptors (Lipinski definition) is 1. The lowest BCUT2D eigenvalue weighted by molar-refractivity contribution is 0.480. The van der Waals surface area contributed by atoms with Crippen LogP contribution in [0.4, 0.5) is 4.39 Å². The van der Waals surface area contributed by atoms with Crippen molar-refractivity contribution in [3.63, 3.8) is 0 Å². The van der Waals surface area contributed by atoms with Gasteiger partial charge in [-0.05, 0) is 17.9 Å². The third-order valence-electron chi connectivity index (χ3n) is 2.11. The average molecular weight is 186 g/mol. The van der Waals surface area contributed by atoms with E-state index in [2.05, 4.69) is 20.8 Å². The summed E-state index contributed by atoms with van der Waals surface area (Å²) < 4.78 is 12.7. The van der Waals surface area contributed by atoms with Crippen molar-refractivity contribution in [3.8, 4) is 0 Å². The molecule has 1 rings (SSSR count). The second kappa shape index (κ2) is 3.56. The van der Waals surface area contributed by atoms with E-state index in [1.807, 2.05) is 0 Å². The standard InChI is InChI=1S/C10H15FS/c1-4-5-10(2,3)9-6-8(11)7-12-9/h6-7H,4-5H2,1-3H3. The van der Waals surface area contributed by atoms with Gasteiger partial charge in [0.1, 0.15) is 5.82 Å². The summed E-state index contributed by atoms with van der Waals surface area (Å²) in [5, 5.41) is 1.58. The summed E-state index contributed by atoms with van der Waals surface area (Å²) in [6, 6.07) is 1.65. The molecular formula is C10H15FS.